The van der Waals surface area contributed by atoms with Gasteiger partial charge in [0.2, 0.25) is 0 Å². The molecule has 1 aromatic heterocycles. The van der Waals surface area contributed by atoms with Crippen LogP contribution in [0.3, 0.4) is 0 Å². The molecular weight excluding hydrogens is 278 g/mol. The number of hydrogen-bond acceptors (Lipinski definition) is 4. The second-order valence-electron chi connectivity index (χ2n) is 5.71. The van der Waals surface area contributed by atoms with Crippen LogP contribution in [0.1, 0.15) is 45.2 Å². The van der Waals surface area contributed by atoms with Crippen LogP contribution in [0.15, 0.2) is 21.8 Å². The van der Waals surface area contributed by atoms with Crippen molar-refractivity contribution in [2.24, 2.45) is 4.99 Å². The van der Waals surface area contributed by atoms with E-state index in [1.165, 1.54) is 32.2 Å². The Morgan fingerprint density at radius 1 is 1.41 bits per heavy atom. The molecule has 1 saturated heterocycles. The van der Waals surface area contributed by atoms with E-state index in [2.05, 4.69) is 39.5 Å². The molecule has 22 heavy (non-hydrogen) atoms. The van der Waals surface area contributed by atoms with Crippen molar-refractivity contribution < 1.29 is 4.52 Å². The SMILES string of the molecule is CCNC(=NCc1ccon1)NCCN1CCCCC1CC. The average Bonchev–Trinajstić information content (AvgIpc) is 3.06. The molecule has 1 aromatic rings. The van der Waals surface area contributed by atoms with Crippen LogP contribution in [0.4, 0.5) is 0 Å². The molecule has 124 valence electrons. The fourth-order valence-corrected chi connectivity index (χ4v) is 2.96. The second kappa shape index (κ2) is 9.46. The molecule has 6 heteroatoms. The van der Waals surface area contributed by atoms with Crippen molar-refractivity contribution in [1.82, 2.24) is 20.7 Å². The van der Waals surface area contributed by atoms with E-state index in [4.69, 9.17) is 4.52 Å². The molecule has 2 heterocycles. The Hall–Kier alpha value is -1.56. The molecule has 1 atom stereocenters. The average molecular weight is 307 g/mol. The van der Waals surface area contributed by atoms with Gasteiger partial charge in [0.1, 0.15) is 12.0 Å². The Morgan fingerprint density at radius 2 is 2.32 bits per heavy atom. The van der Waals surface area contributed by atoms with Crippen LogP contribution in [0.5, 0.6) is 0 Å². The summed E-state index contributed by atoms with van der Waals surface area (Å²) in [5.41, 5.74) is 0.847. The van der Waals surface area contributed by atoms with Crippen molar-refractivity contribution in [2.75, 3.05) is 26.2 Å². The summed E-state index contributed by atoms with van der Waals surface area (Å²) in [6, 6.07) is 2.59. The Labute approximate surface area is 133 Å². The van der Waals surface area contributed by atoms with Gasteiger partial charge in [-0.1, -0.05) is 18.5 Å². The maximum Gasteiger partial charge on any atom is 0.191 e. The third-order valence-electron chi connectivity index (χ3n) is 4.15. The van der Waals surface area contributed by atoms with Gasteiger partial charge in [0.25, 0.3) is 0 Å². The molecule has 1 aliphatic heterocycles. The fraction of sp³-hybridized carbons (Fsp3) is 0.750. The Kier molecular flexibility index (Phi) is 7.22. The monoisotopic (exact) mass is 307 g/mol. The van der Waals surface area contributed by atoms with E-state index in [1.807, 2.05) is 6.07 Å². The van der Waals surface area contributed by atoms with Gasteiger partial charge in [0, 0.05) is 31.7 Å². The summed E-state index contributed by atoms with van der Waals surface area (Å²) in [5.74, 6) is 0.843. The van der Waals surface area contributed by atoms with Gasteiger partial charge in [-0.3, -0.25) is 4.90 Å². The number of piperidine rings is 1. The molecule has 2 rings (SSSR count). The number of guanidine groups is 1. The summed E-state index contributed by atoms with van der Waals surface area (Å²) in [4.78, 5) is 7.14. The summed E-state index contributed by atoms with van der Waals surface area (Å²) >= 11 is 0. The largest absolute Gasteiger partial charge is 0.364 e. The zero-order chi connectivity index (χ0) is 15.6. The van der Waals surface area contributed by atoms with Gasteiger partial charge in [0.05, 0.1) is 6.54 Å². The lowest BCUT2D eigenvalue weighted by Crippen LogP contribution is -2.45. The lowest BCUT2D eigenvalue weighted by Gasteiger charge is -2.35. The molecule has 0 radical (unpaired) electrons. The third kappa shape index (κ3) is 5.33. The Bertz CT molecular complexity index is 432. The first-order valence-electron chi connectivity index (χ1n) is 8.49. The van der Waals surface area contributed by atoms with Crippen LogP contribution in [0.2, 0.25) is 0 Å². The van der Waals surface area contributed by atoms with E-state index in [-0.39, 0.29) is 0 Å². The molecule has 0 bridgehead atoms. The zero-order valence-corrected chi connectivity index (χ0v) is 13.8. The maximum absolute atomic E-state index is 4.82. The number of nitrogens with one attached hydrogen (secondary N) is 2. The predicted octanol–water partition coefficient (Wildman–Crippen LogP) is 1.99. The van der Waals surface area contributed by atoms with Crippen LogP contribution in [-0.4, -0.2) is 48.2 Å². The summed E-state index contributed by atoms with van der Waals surface area (Å²) in [5, 5.41) is 10.6. The molecule has 2 N–H and O–H groups in total. The number of hydrogen-bond donors (Lipinski definition) is 2. The predicted molar refractivity (Wildman–Crippen MR) is 88.8 cm³/mol. The van der Waals surface area contributed by atoms with Gasteiger partial charge < -0.3 is 15.2 Å². The van der Waals surface area contributed by atoms with E-state index in [0.29, 0.717) is 6.54 Å². The van der Waals surface area contributed by atoms with Crippen LogP contribution < -0.4 is 10.6 Å². The van der Waals surface area contributed by atoms with Crippen molar-refractivity contribution in [1.29, 1.82) is 0 Å². The molecule has 0 saturated carbocycles. The van der Waals surface area contributed by atoms with Crippen LogP contribution >= 0.6 is 0 Å². The van der Waals surface area contributed by atoms with Crippen LogP contribution in [-0.2, 0) is 6.54 Å². The molecule has 1 aliphatic rings. The minimum absolute atomic E-state index is 0.535. The highest BCUT2D eigenvalue weighted by Gasteiger charge is 2.19. The Morgan fingerprint density at radius 3 is 3.05 bits per heavy atom. The van der Waals surface area contributed by atoms with Gasteiger partial charge in [-0.25, -0.2) is 4.99 Å². The highest BCUT2D eigenvalue weighted by Crippen LogP contribution is 2.18. The quantitative estimate of drug-likeness (QED) is 0.596. The summed E-state index contributed by atoms with van der Waals surface area (Å²) in [6.45, 7) is 8.98. The van der Waals surface area contributed by atoms with Crippen LogP contribution in [0.25, 0.3) is 0 Å². The lowest BCUT2D eigenvalue weighted by atomic mass is 10.0. The Balaban J connectivity index is 1.77. The van der Waals surface area contributed by atoms with E-state index < -0.39 is 0 Å². The molecule has 0 spiro atoms. The molecule has 0 aliphatic carbocycles. The van der Waals surface area contributed by atoms with Gasteiger partial charge in [0.15, 0.2) is 5.96 Å². The fourth-order valence-electron chi connectivity index (χ4n) is 2.96. The minimum atomic E-state index is 0.535. The number of nitrogens with zero attached hydrogens (tertiary/aromatic N) is 3. The normalized spacial score (nSPS) is 20.1. The summed E-state index contributed by atoms with van der Waals surface area (Å²) < 4.78 is 4.82. The first kappa shape index (κ1) is 16.8. The minimum Gasteiger partial charge on any atom is -0.364 e. The smallest absolute Gasteiger partial charge is 0.191 e. The molecule has 1 unspecified atom stereocenters. The lowest BCUT2D eigenvalue weighted by molar-refractivity contribution is 0.147. The maximum atomic E-state index is 4.82. The molecule has 6 nitrogen and oxygen atoms in total. The van der Waals surface area contributed by atoms with Crippen LogP contribution in [0, 0.1) is 0 Å². The first-order valence-corrected chi connectivity index (χ1v) is 8.49. The number of likely N-dealkylation sites (tertiary alicyclic amines) is 1. The number of aliphatic imine (C=N–C) groups is 1. The molecule has 0 aromatic carbocycles. The van der Waals surface area contributed by atoms with E-state index in [9.17, 15) is 0 Å². The van der Waals surface area contributed by atoms with Crippen molar-refractivity contribution in [2.45, 2.75) is 52.1 Å². The van der Waals surface area contributed by atoms with Crippen molar-refractivity contribution >= 4 is 5.96 Å². The van der Waals surface area contributed by atoms with Crippen molar-refractivity contribution in [3.05, 3.63) is 18.0 Å². The second-order valence-corrected chi connectivity index (χ2v) is 5.71. The van der Waals surface area contributed by atoms with Gasteiger partial charge in [-0.15, -0.1) is 0 Å². The van der Waals surface area contributed by atoms with Gasteiger partial charge in [-0.2, -0.15) is 0 Å². The van der Waals surface area contributed by atoms with E-state index in [0.717, 1.165) is 37.3 Å². The standard InChI is InChI=1S/C16H29N5O/c1-3-15-7-5-6-10-21(15)11-9-18-16(17-4-2)19-13-14-8-12-22-20-14/h8,12,15H,3-7,9-11,13H2,1-2H3,(H2,17,18,19). The molecular formula is C16H29N5O. The van der Waals surface area contributed by atoms with E-state index >= 15 is 0 Å². The molecule has 1 fully saturated rings. The van der Waals surface area contributed by atoms with Gasteiger partial charge in [-0.05, 0) is 32.7 Å². The first-order chi connectivity index (χ1) is 10.8. The van der Waals surface area contributed by atoms with Crippen molar-refractivity contribution in [3.8, 4) is 0 Å². The number of rotatable bonds is 7. The zero-order valence-electron chi connectivity index (χ0n) is 13.8. The third-order valence-corrected chi connectivity index (χ3v) is 4.15. The van der Waals surface area contributed by atoms with Crippen molar-refractivity contribution in [3.63, 3.8) is 0 Å². The highest BCUT2D eigenvalue weighted by molar-refractivity contribution is 5.79. The highest BCUT2D eigenvalue weighted by atomic mass is 16.5. The number of aromatic nitrogens is 1. The van der Waals surface area contributed by atoms with E-state index in [1.54, 1.807) is 6.26 Å². The molecule has 0 amide bonds. The topological polar surface area (TPSA) is 65.7 Å². The van der Waals surface area contributed by atoms with Gasteiger partial charge >= 0.3 is 0 Å². The summed E-state index contributed by atoms with van der Waals surface area (Å²) in [7, 11) is 0. The summed E-state index contributed by atoms with van der Waals surface area (Å²) in [6.07, 6.45) is 6.88.